The van der Waals surface area contributed by atoms with Gasteiger partial charge in [0.05, 0.1) is 13.2 Å². The largest absolute Gasteiger partial charge is 0.486 e. The Hall–Kier alpha value is -2.85. The number of nitrogens with one attached hydrogen (secondary N) is 1. The van der Waals surface area contributed by atoms with Gasteiger partial charge in [-0.1, -0.05) is 6.07 Å². The monoisotopic (exact) mass is 421 g/mol. The van der Waals surface area contributed by atoms with Crippen LogP contribution >= 0.6 is 0 Å². The number of fused-ring (bicyclic) bond motifs is 1. The van der Waals surface area contributed by atoms with E-state index in [9.17, 15) is 14.4 Å². The lowest BCUT2D eigenvalue weighted by Crippen LogP contribution is -2.46. The molecule has 2 heterocycles. The van der Waals surface area contributed by atoms with Crippen molar-refractivity contribution in [1.82, 2.24) is 15.1 Å². The maximum absolute atomic E-state index is 13.1. The van der Waals surface area contributed by atoms with E-state index in [0.717, 1.165) is 4.90 Å². The lowest BCUT2D eigenvalue weighted by atomic mass is 9.91. The van der Waals surface area contributed by atoms with Crippen molar-refractivity contribution in [2.45, 2.75) is 12.5 Å². The second-order valence-electron chi connectivity index (χ2n) is 7.17. The molecule has 3 rings (SSSR count). The Balaban J connectivity index is 1.75. The van der Waals surface area contributed by atoms with Crippen molar-refractivity contribution >= 4 is 17.8 Å². The third kappa shape index (κ3) is 4.34. The molecular weight excluding hydrogens is 394 g/mol. The van der Waals surface area contributed by atoms with Crippen LogP contribution in [-0.4, -0.2) is 87.9 Å². The molecule has 4 amide bonds. The van der Waals surface area contributed by atoms with Gasteiger partial charge in [0.15, 0.2) is 11.5 Å². The number of carbonyl (C=O) groups excluding carboxylic acids is 3. The summed E-state index contributed by atoms with van der Waals surface area (Å²) in [5.41, 5.74) is -0.757. The molecule has 164 valence electrons. The Morgan fingerprint density at radius 1 is 1.13 bits per heavy atom. The van der Waals surface area contributed by atoms with Gasteiger partial charge in [0, 0.05) is 27.3 Å². The predicted molar refractivity (Wildman–Crippen MR) is 105 cm³/mol. The normalized spacial score (nSPS) is 20.3. The molecule has 2 aliphatic rings. The Bertz CT molecular complexity index is 808. The minimum atomic E-state index is -1.31. The maximum Gasteiger partial charge on any atom is 0.325 e. The fraction of sp³-hybridized carbons (Fsp3) is 0.550. The highest BCUT2D eigenvalue weighted by Gasteiger charge is 2.50. The second kappa shape index (κ2) is 9.31. The zero-order valence-electron chi connectivity index (χ0n) is 17.4. The van der Waals surface area contributed by atoms with Gasteiger partial charge in [-0.25, -0.2) is 4.79 Å². The Morgan fingerprint density at radius 3 is 2.40 bits per heavy atom. The van der Waals surface area contributed by atoms with Crippen molar-refractivity contribution in [1.29, 1.82) is 0 Å². The van der Waals surface area contributed by atoms with Gasteiger partial charge in [0.25, 0.3) is 5.91 Å². The van der Waals surface area contributed by atoms with E-state index >= 15 is 0 Å². The molecule has 0 radical (unpaired) electrons. The van der Waals surface area contributed by atoms with Crippen LogP contribution in [0.25, 0.3) is 0 Å². The van der Waals surface area contributed by atoms with Gasteiger partial charge in [-0.2, -0.15) is 0 Å². The van der Waals surface area contributed by atoms with Crippen LogP contribution in [0.1, 0.15) is 12.5 Å². The van der Waals surface area contributed by atoms with Crippen LogP contribution in [0.2, 0.25) is 0 Å². The number of hydrogen-bond acceptors (Lipinski definition) is 7. The fourth-order valence-corrected chi connectivity index (χ4v) is 3.39. The molecule has 1 aromatic rings. The van der Waals surface area contributed by atoms with Gasteiger partial charge in [-0.05, 0) is 24.6 Å². The van der Waals surface area contributed by atoms with Crippen LogP contribution < -0.4 is 14.8 Å². The van der Waals surface area contributed by atoms with E-state index in [1.807, 2.05) is 0 Å². The number of hydrogen-bond donors (Lipinski definition) is 1. The molecular formula is C20H27N3O7. The van der Waals surface area contributed by atoms with Gasteiger partial charge in [0.1, 0.15) is 25.3 Å². The standard InChI is InChI=1S/C20H27N3O7/c1-20(14-4-5-15-16(12-14)30-11-10-29-15)18(25)23(19(26)21-20)13-17(24)22(6-8-27-2)7-9-28-3/h4-5,12H,6-11,13H2,1-3H3,(H,21,26)/t20-/m1/s1. The number of carbonyl (C=O) groups is 3. The molecule has 0 unspecified atom stereocenters. The SMILES string of the molecule is COCCN(CCOC)C(=O)CN1C(=O)N[C@](C)(c2ccc3c(c2)OCCO3)C1=O. The van der Waals surface area contributed by atoms with Gasteiger partial charge < -0.3 is 29.2 Å². The van der Waals surface area contributed by atoms with E-state index in [4.69, 9.17) is 18.9 Å². The number of imide groups is 1. The smallest absolute Gasteiger partial charge is 0.325 e. The summed E-state index contributed by atoms with van der Waals surface area (Å²) in [7, 11) is 3.07. The zero-order valence-corrected chi connectivity index (χ0v) is 17.4. The van der Waals surface area contributed by atoms with Crippen LogP contribution in [0.5, 0.6) is 11.5 Å². The first-order valence-corrected chi connectivity index (χ1v) is 9.70. The number of benzene rings is 1. The first kappa shape index (κ1) is 21.8. The lowest BCUT2D eigenvalue weighted by molar-refractivity contribution is -0.139. The Labute approximate surface area is 175 Å². The molecule has 2 aliphatic heterocycles. The molecule has 1 aromatic carbocycles. The van der Waals surface area contributed by atoms with Crippen LogP contribution in [-0.2, 0) is 24.6 Å². The first-order valence-electron chi connectivity index (χ1n) is 9.70. The number of nitrogens with zero attached hydrogens (tertiary/aromatic N) is 2. The van der Waals surface area contributed by atoms with Gasteiger partial charge in [-0.3, -0.25) is 14.5 Å². The molecule has 10 heteroatoms. The average molecular weight is 421 g/mol. The molecule has 0 aliphatic carbocycles. The summed E-state index contributed by atoms with van der Waals surface area (Å²) in [6.45, 7) is 3.46. The number of rotatable bonds is 9. The van der Waals surface area contributed by atoms with Gasteiger partial charge in [0.2, 0.25) is 5.91 Å². The summed E-state index contributed by atoms with van der Waals surface area (Å²) in [6, 6.07) is 4.48. The summed E-state index contributed by atoms with van der Waals surface area (Å²) < 4.78 is 21.2. The van der Waals surface area contributed by atoms with E-state index in [1.165, 1.54) is 19.1 Å². The summed E-state index contributed by atoms with van der Waals surface area (Å²) in [5, 5.41) is 2.70. The number of ether oxygens (including phenoxy) is 4. The molecule has 1 saturated heterocycles. The topological polar surface area (TPSA) is 107 Å². The van der Waals surface area contributed by atoms with Crippen LogP contribution in [0.3, 0.4) is 0 Å². The predicted octanol–water partition coefficient (Wildman–Crippen LogP) is 0.346. The van der Waals surface area contributed by atoms with Gasteiger partial charge in [-0.15, -0.1) is 0 Å². The highest BCUT2D eigenvalue weighted by Crippen LogP contribution is 2.36. The minimum absolute atomic E-state index is 0.335. The third-order valence-corrected chi connectivity index (χ3v) is 5.17. The molecule has 1 fully saturated rings. The van der Waals surface area contributed by atoms with Gasteiger partial charge >= 0.3 is 6.03 Å². The Kier molecular flexibility index (Phi) is 6.78. The van der Waals surface area contributed by atoms with Crippen molar-refractivity contribution in [3.8, 4) is 11.5 Å². The van der Waals surface area contributed by atoms with Crippen molar-refractivity contribution in [3.05, 3.63) is 23.8 Å². The second-order valence-corrected chi connectivity index (χ2v) is 7.17. The first-order chi connectivity index (χ1) is 14.4. The Morgan fingerprint density at radius 2 is 1.77 bits per heavy atom. The van der Waals surface area contributed by atoms with E-state index in [0.29, 0.717) is 56.6 Å². The highest BCUT2D eigenvalue weighted by atomic mass is 16.6. The lowest BCUT2D eigenvalue weighted by Gasteiger charge is -2.26. The maximum atomic E-state index is 13.1. The summed E-state index contributed by atoms with van der Waals surface area (Å²) in [4.78, 5) is 40.9. The molecule has 1 N–H and O–H groups in total. The number of methoxy groups -OCH3 is 2. The third-order valence-electron chi connectivity index (χ3n) is 5.17. The van der Waals surface area contributed by atoms with E-state index < -0.39 is 17.5 Å². The zero-order chi connectivity index (χ0) is 21.7. The number of amides is 4. The van der Waals surface area contributed by atoms with E-state index in [1.54, 1.807) is 25.1 Å². The summed E-state index contributed by atoms with van der Waals surface area (Å²) in [6.07, 6.45) is 0. The molecule has 0 spiro atoms. The molecule has 30 heavy (non-hydrogen) atoms. The van der Waals surface area contributed by atoms with E-state index in [-0.39, 0.29) is 12.5 Å². The minimum Gasteiger partial charge on any atom is -0.486 e. The van der Waals surface area contributed by atoms with Crippen molar-refractivity contribution in [3.63, 3.8) is 0 Å². The van der Waals surface area contributed by atoms with Crippen LogP contribution in [0, 0.1) is 0 Å². The van der Waals surface area contributed by atoms with Crippen molar-refractivity contribution in [2.75, 3.05) is 60.3 Å². The molecule has 10 nitrogen and oxygen atoms in total. The quantitative estimate of drug-likeness (QED) is 0.573. The summed E-state index contributed by atoms with van der Waals surface area (Å²) in [5.74, 6) is 0.237. The average Bonchev–Trinajstić information content (AvgIpc) is 2.97. The van der Waals surface area contributed by atoms with Crippen LogP contribution in [0.15, 0.2) is 18.2 Å². The molecule has 0 aromatic heterocycles. The summed E-state index contributed by atoms with van der Waals surface area (Å²) >= 11 is 0. The van der Waals surface area contributed by atoms with Crippen molar-refractivity contribution in [2.24, 2.45) is 0 Å². The van der Waals surface area contributed by atoms with E-state index in [2.05, 4.69) is 5.32 Å². The highest BCUT2D eigenvalue weighted by molar-refractivity contribution is 6.09. The van der Waals surface area contributed by atoms with Crippen LogP contribution in [0.4, 0.5) is 4.79 Å². The molecule has 1 atom stereocenters. The number of urea groups is 1. The molecule has 0 bridgehead atoms. The van der Waals surface area contributed by atoms with Crippen molar-refractivity contribution < 1.29 is 33.3 Å². The fourth-order valence-electron chi connectivity index (χ4n) is 3.39. The molecule has 0 saturated carbocycles.